The van der Waals surface area contributed by atoms with Crippen LogP contribution in [0.5, 0.6) is 0 Å². The van der Waals surface area contributed by atoms with Gasteiger partial charge in [-0.05, 0) is 29.7 Å². The molecule has 0 aliphatic rings. The van der Waals surface area contributed by atoms with Gasteiger partial charge in [0.15, 0.2) is 17.5 Å². The van der Waals surface area contributed by atoms with Gasteiger partial charge in [-0.2, -0.15) is 0 Å². The van der Waals surface area contributed by atoms with Crippen molar-refractivity contribution in [3.8, 4) is 34.2 Å². The molecule has 5 nitrogen and oxygen atoms in total. The van der Waals surface area contributed by atoms with Crippen LogP contribution in [0.15, 0.2) is 136 Å². The van der Waals surface area contributed by atoms with E-state index in [-0.39, 0.29) is 0 Å². The standard InChI is InChI=1S/C37H21N3O2/c1-3-11-22(12-4-1)35-38-36(23-13-5-2-6-14-23)40-37(39-35)24-19-20-30-28(21-24)32-33(41-30)26-16-8-7-15-25(26)31-27-17-9-10-18-29(27)42-34(31)32/h1-21H. The van der Waals surface area contributed by atoms with E-state index < -0.39 is 0 Å². The van der Waals surface area contributed by atoms with Crippen molar-refractivity contribution in [3.63, 3.8) is 0 Å². The Morgan fingerprint density at radius 1 is 0.357 bits per heavy atom. The third kappa shape index (κ3) is 3.40. The van der Waals surface area contributed by atoms with Gasteiger partial charge in [-0.3, -0.25) is 0 Å². The van der Waals surface area contributed by atoms with E-state index in [0.717, 1.165) is 71.3 Å². The zero-order valence-corrected chi connectivity index (χ0v) is 22.3. The molecule has 9 aromatic rings. The highest BCUT2D eigenvalue weighted by Crippen LogP contribution is 2.45. The molecule has 3 heterocycles. The molecule has 0 saturated heterocycles. The van der Waals surface area contributed by atoms with Crippen LogP contribution in [0.2, 0.25) is 0 Å². The smallest absolute Gasteiger partial charge is 0.164 e. The van der Waals surface area contributed by atoms with E-state index in [1.807, 2.05) is 84.9 Å². The highest BCUT2D eigenvalue weighted by Gasteiger charge is 2.21. The van der Waals surface area contributed by atoms with Gasteiger partial charge < -0.3 is 8.83 Å². The van der Waals surface area contributed by atoms with Gasteiger partial charge in [0, 0.05) is 38.2 Å². The van der Waals surface area contributed by atoms with E-state index in [4.69, 9.17) is 23.8 Å². The Kier molecular flexibility index (Phi) is 4.83. The van der Waals surface area contributed by atoms with Gasteiger partial charge in [0.25, 0.3) is 0 Å². The summed E-state index contributed by atoms with van der Waals surface area (Å²) in [5.41, 5.74) is 6.02. The van der Waals surface area contributed by atoms with Crippen LogP contribution in [0, 0.1) is 0 Å². The van der Waals surface area contributed by atoms with Gasteiger partial charge >= 0.3 is 0 Å². The predicted octanol–water partition coefficient (Wildman–Crippen LogP) is 9.82. The summed E-state index contributed by atoms with van der Waals surface area (Å²) in [6, 6.07) is 42.7. The Labute approximate surface area is 239 Å². The largest absolute Gasteiger partial charge is 0.455 e. The van der Waals surface area contributed by atoms with Crippen molar-refractivity contribution in [1.82, 2.24) is 15.0 Å². The van der Waals surface area contributed by atoms with Crippen LogP contribution in [-0.4, -0.2) is 15.0 Å². The Bertz CT molecular complexity index is 2400. The molecule has 0 N–H and O–H groups in total. The summed E-state index contributed by atoms with van der Waals surface area (Å²) in [5, 5.41) is 6.27. The van der Waals surface area contributed by atoms with E-state index in [9.17, 15) is 0 Å². The fourth-order valence-corrected chi connectivity index (χ4v) is 5.98. The van der Waals surface area contributed by atoms with Crippen LogP contribution in [0.1, 0.15) is 0 Å². The summed E-state index contributed by atoms with van der Waals surface area (Å²) in [4.78, 5) is 14.7. The van der Waals surface area contributed by atoms with E-state index in [0.29, 0.717) is 17.5 Å². The monoisotopic (exact) mass is 539 g/mol. The molecule has 0 radical (unpaired) electrons. The van der Waals surface area contributed by atoms with Crippen LogP contribution in [0.25, 0.3) is 88.8 Å². The minimum atomic E-state index is 0.598. The van der Waals surface area contributed by atoms with Gasteiger partial charge in [-0.25, -0.2) is 15.0 Å². The molecule has 0 unspecified atom stereocenters. The van der Waals surface area contributed by atoms with Crippen LogP contribution >= 0.6 is 0 Å². The number of fused-ring (bicyclic) bond motifs is 10. The molecule has 0 amide bonds. The molecule has 0 spiro atoms. The quantitative estimate of drug-likeness (QED) is 0.224. The van der Waals surface area contributed by atoms with E-state index in [2.05, 4.69) is 42.5 Å². The molecule has 3 aromatic heterocycles. The van der Waals surface area contributed by atoms with E-state index in [1.54, 1.807) is 0 Å². The summed E-state index contributed by atoms with van der Waals surface area (Å²) in [7, 11) is 0. The lowest BCUT2D eigenvalue weighted by Crippen LogP contribution is -2.00. The summed E-state index contributed by atoms with van der Waals surface area (Å²) in [6.07, 6.45) is 0. The zero-order valence-electron chi connectivity index (χ0n) is 22.3. The first-order chi connectivity index (χ1) is 20.8. The molecule has 0 saturated carbocycles. The second-order valence-corrected chi connectivity index (χ2v) is 10.4. The SMILES string of the molecule is c1ccc(-c2nc(-c3ccccc3)nc(-c3ccc4oc5c6ccccc6c6c7ccccc7oc6c5c4c3)n2)cc1. The number of hydrogen-bond donors (Lipinski definition) is 0. The Morgan fingerprint density at radius 3 is 1.57 bits per heavy atom. The Balaban J connectivity index is 1.35. The highest BCUT2D eigenvalue weighted by atomic mass is 16.3. The first-order valence-corrected chi connectivity index (χ1v) is 13.9. The second-order valence-electron chi connectivity index (χ2n) is 10.4. The highest BCUT2D eigenvalue weighted by molar-refractivity contribution is 6.33. The van der Waals surface area contributed by atoms with E-state index >= 15 is 0 Å². The summed E-state index contributed by atoms with van der Waals surface area (Å²) in [6.45, 7) is 0. The number of nitrogens with zero attached hydrogens (tertiary/aromatic N) is 3. The number of furan rings is 2. The number of benzene rings is 6. The van der Waals surface area contributed by atoms with Crippen LogP contribution < -0.4 is 0 Å². The number of aromatic nitrogens is 3. The predicted molar refractivity (Wildman–Crippen MR) is 168 cm³/mol. The summed E-state index contributed by atoms with van der Waals surface area (Å²) >= 11 is 0. The lowest BCUT2D eigenvalue weighted by atomic mass is 9.99. The molecular formula is C37H21N3O2. The minimum absolute atomic E-state index is 0.598. The van der Waals surface area contributed by atoms with Gasteiger partial charge in [-0.15, -0.1) is 0 Å². The Morgan fingerprint density at radius 2 is 0.881 bits per heavy atom. The fourth-order valence-electron chi connectivity index (χ4n) is 5.98. The van der Waals surface area contributed by atoms with Crippen LogP contribution in [0.3, 0.4) is 0 Å². The fraction of sp³-hybridized carbons (Fsp3) is 0. The van der Waals surface area contributed by atoms with Crippen molar-refractivity contribution < 1.29 is 8.83 Å². The maximum atomic E-state index is 6.54. The van der Waals surface area contributed by atoms with Gasteiger partial charge in [0.1, 0.15) is 22.3 Å². The minimum Gasteiger partial charge on any atom is -0.455 e. The number of hydrogen-bond acceptors (Lipinski definition) is 5. The maximum absolute atomic E-state index is 6.54. The topological polar surface area (TPSA) is 65.0 Å². The second kappa shape index (κ2) is 8.85. The molecule has 0 fully saturated rings. The van der Waals surface area contributed by atoms with Gasteiger partial charge in [0.05, 0.1) is 5.39 Å². The summed E-state index contributed by atoms with van der Waals surface area (Å²) in [5.74, 6) is 1.85. The molecular weight excluding hydrogens is 518 g/mol. The molecule has 196 valence electrons. The third-order valence-electron chi connectivity index (χ3n) is 7.91. The lowest BCUT2D eigenvalue weighted by Gasteiger charge is -2.08. The van der Waals surface area contributed by atoms with Crippen molar-refractivity contribution in [2.24, 2.45) is 0 Å². The molecule has 0 bridgehead atoms. The molecule has 0 aliphatic heterocycles. The number of para-hydroxylation sites is 1. The van der Waals surface area contributed by atoms with Gasteiger partial charge in [0.2, 0.25) is 0 Å². The molecule has 5 heteroatoms. The summed E-state index contributed by atoms with van der Waals surface area (Å²) < 4.78 is 13.1. The van der Waals surface area contributed by atoms with E-state index in [1.165, 1.54) is 0 Å². The third-order valence-corrected chi connectivity index (χ3v) is 7.91. The van der Waals surface area contributed by atoms with Crippen LogP contribution in [0.4, 0.5) is 0 Å². The molecule has 42 heavy (non-hydrogen) atoms. The van der Waals surface area contributed by atoms with Crippen molar-refractivity contribution in [2.45, 2.75) is 0 Å². The first kappa shape index (κ1) is 22.9. The van der Waals surface area contributed by atoms with Crippen molar-refractivity contribution in [3.05, 3.63) is 127 Å². The van der Waals surface area contributed by atoms with Crippen molar-refractivity contribution in [2.75, 3.05) is 0 Å². The van der Waals surface area contributed by atoms with Crippen molar-refractivity contribution >= 4 is 54.6 Å². The molecule has 6 aromatic carbocycles. The molecule has 0 aliphatic carbocycles. The van der Waals surface area contributed by atoms with Crippen LogP contribution in [-0.2, 0) is 0 Å². The number of rotatable bonds is 3. The lowest BCUT2D eigenvalue weighted by molar-refractivity contribution is 0.665. The van der Waals surface area contributed by atoms with Gasteiger partial charge in [-0.1, -0.05) is 103 Å². The maximum Gasteiger partial charge on any atom is 0.164 e. The zero-order chi connectivity index (χ0) is 27.6. The molecule has 9 rings (SSSR count). The van der Waals surface area contributed by atoms with Crippen molar-refractivity contribution in [1.29, 1.82) is 0 Å². The average Bonchev–Trinajstić information content (AvgIpc) is 3.64. The Hall–Kier alpha value is -5.81. The average molecular weight is 540 g/mol. The molecule has 0 atom stereocenters. The first-order valence-electron chi connectivity index (χ1n) is 13.9. The normalized spacial score (nSPS) is 11.8.